The molecule has 1 N–H and O–H groups in total. The van der Waals surface area contributed by atoms with Gasteiger partial charge in [-0.15, -0.1) is 4.40 Å². The molecule has 0 aliphatic carbocycles. The first-order chi connectivity index (χ1) is 10.1. The van der Waals surface area contributed by atoms with E-state index in [1.165, 1.54) is 17.8 Å². The van der Waals surface area contributed by atoms with Gasteiger partial charge in [0.25, 0.3) is 10.0 Å². The van der Waals surface area contributed by atoms with Gasteiger partial charge >= 0.3 is 0 Å². The summed E-state index contributed by atoms with van der Waals surface area (Å²) >= 11 is 1.45. The van der Waals surface area contributed by atoms with Crippen LogP contribution in [0.1, 0.15) is 33.1 Å². The molecule has 0 radical (unpaired) electrons. The van der Waals surface area contributed by atoms with Crippen molar-refractivity contribution in [3.8, 4) is 5.75 Å². The van der Waals surface area contributed by atoms with Crippen LogP contribution < -0.4 is 10.1 Å². The number of benzene rings is 1. The maximum atomic E-state index is 12.2. The zero-order valence-electron chi connectivity index (χ0n) is 12.3. The Morgan fingerprint density at radius 2 is 2.10 bits per heavy atom. The third kappa shape index (κ3) is 4.14. The predicted octanol–water partition coefficient (Wildman–Crippen LogP) is 3.48. The van der Waals surface area contributed by atoms with Crippen LogP contribution in [-0.4, -0.2) is 25.9 Å². The summed E-state index contributed by atoms with van der Waals surface area (Å²) in [7, 11) is -3.65. The summed E-state index contributed by atoms with van der Waals surface area (Å²) < 4.78 is 33.6. The van der Waals surface area contributed by atoms with Gasteiger partial charge < -0.3 is 10.1 Å². The number of amidine groups is 1. The Bertz CT molecular complexity index is 627. The second-order valence-corrected chi connectivity index (χ2v) is 7.30. The van der Waals surface area contributed by atoms with Crippen molar-refractivity contribution in [1.82, 2.24) is 0 Å². The average Bonchev–Trinajstić information content (AvgIpc) is 2.44. The molecule has 7 heteroatoms. The van der Waals surface area contributed by atoms with Crippen molar-refractivity contribution < 1.29 is 13.2 Å². The van der Waals surface area contributed by atoms with Gasteiger partial charge in [0.2, 0.25) is 0 Å². The Morgan fingerprint density at radius 3 is 2.81 bits per heavy atom. The largest absolute Gasteiger partial charge is 0.494 e. The maximum absolute atomic E-state index is 12.2. The summed E-state index contributed by atoms with van der Waals surface area (Å²) in [5.74, 6) is 1.40. The number of anilines is 1. The maximum Gasteiger partial charge on any atom is 0.286 e. The molecule has 21 heavy (non-hydrogen) atoms. The van der Waals surface area contributed by atoms with Crippen molar-refractivity contribution in [3.05, 3.63) is 18.2 Å². The van der Waals surface area contributed by atoms with Crippen molar-refractivity contribution >= 4 is 32.6 Å². The first-order valence-corrected chi connectivity index (χ1v) is 9.51. The Hall–Kier alpha value is -1.21. The fourth-order valence-corrected chi connectivity index (χ4v) is 4.21. The fraction of sp³-hybridized carbons (Fsp3) is 0.500. The standard InChI is InChI=1S/C14H20N2O3S2/c1-3-5-6-9-20-14-15-12-8-7-11(19-4-2)10-13(12)21(17,18)16-14/h7-8,10H,3-6,9H2,1-2H3,(H,15,16). The van der Waals surface area contributed by atoms with E-state index in [0.717, 1.165) is 25.0 Å². The minimum Gasteiger partial charge on any atom is -0.494 e. The molecule has 1 aromatic carbocycles. The van der Waals surface area contributed by atoms with Crippen LogP contribution in [0.25, 0.3) is 0 Å². The molecule has 0 fully saturated rings. The predicted molar refractivity (Wildman–Crippen MR) is 87.8 cm³/mol. The normalized spacial score (nSPS) is 15.8. The molecular weight excluding hydrogens is 308 g/mol. The van der Waals surface area contributed by atoms with Crippen LogP contribution in [0.4, 0.5) is 5.69 Å². The molecule has 0 unspecified atom stereocenters. The summed E-state index contributed by atoms with van der Waals surface area (Å²) in [4.78, 5) is 0.173. The van der Waals surface area contributed by atoms with Crippen LogP contribution in [0, 0.1) is 0 Å². The molecule has 0 aromatic heterocycles. The lowest BCUT2D eigenvalue weighted by atomic mass is 10.3. The lowest BCUT2D eigenvalue weighted by Crippen LogP contribution is -2.19. The van der Waals surface area contributed by atoms with E-state index in [-0.39, 0.29) is 4.90 Å². The Kier molecular flexibility index (Phi) is 5.52. The number of unbranched alkanes of at least 4 members (excludes halogenated alkanes) is 2. The van der Waals surface area contributed by atoms with Crippen LogP contribution >= 0.6 is 11.8 Å². The van der Waals surface area contributed by atoms with Gasteiger partial charge in [0.15, 0.2) is 5.17 Å². The van der Waals surface area contributed by atoms with Crippen LogP contribution in [0.2, 0.25) is 0 Å². The van der Waals surface area contributed by atoms with E-state index in [2.05, 4.69) is 16.6 Å². The highest BCUT2D eigenvalue weighted by molar-refractivity contribution is 8.14. The molecule has 0 amide bonds. The van der Waals surface area contributed by atoms with Crippen LogP contribution in [0.15, 0.2) is 27.5 Å². The molecule has 0 saturated heterocycles. The van der Waals surface area contributed by atoms with E-state index in [0.29, 0.717) is 23.2 Å². The van der Waals surface area contributed by atoms with Crippen LogP contribution in [0.5, 0.6) is 5.75 Å². The third-order valence-electron chi connectivity index (χ3n) is 2.97. The van der Waals surface area contributed by atoms with E-state index in [1.807, 2.05) is 6.92 Å². The highest BCUT2D eigenvalue weighted by atomic mass is 32.2. The highest BCUT2D eigenvalue weighted by Crippen LogP contribution is 2.32. The lowest BCUT2D eigenvalue weighted by molar-refractivity contribution is 0.339. The first-order valence-electron chi connectivity index (χ1n) is 7.08. The summed E-state index contributed by atoms with van der Waals surface area (Å²) in [6, 6.07) is 5.00. The summed E-state index contributed by atoms with van der Waals surface area (Å²) in [6.45, 7) is 4.49. The molecular formula is C14H20N2O3S2. The van der Waals surface area contributed by atoms with E-state index in [1.54, 1.807) is 12.1 Å². The quantitative estimate of drug-likeness (QED) is 0.810. The molecule has 1 heterocycles. The van der Waals surface area contributed by atoms with Gasteiger partial charge in [-0.3, -0.25) is 0 Å². The molecule has 1 aromatic rings. The number of sulfonamides is 1. The summed E-state index contributed by atoms with van der Waals surface area (Å²) in [5.41, 5.74) is 0.562. The zero-order valence-corrected chi connectivity index (χ0v) is 13.9. The van der Waals surface area contributed by atoms with Gasteiger partial charge in [0, 0.05) is 11.8 Å². The molecule has 5 nitrogen and oxygen atoms in total. The number of ether oxygens (including phenoxy) is 1. The highest BCUT2D eigenvalue weighted by Gasteiger charge is 2.25. The van der Waals surface area contributed by atoms with Gasteiger partial charge in [-0.05, 0) is 25.5 Å². The number of nitrogens with one attached hydrogen (secondary N) is 1. The number of rotatable bonds is 6. The second-order valence-electron chi connectivity index (χ2n) is 4.64. The molecule has 0 saturated carbocycles. The number of hydrogen-bond acceptors (Lipinski definition) is 5. The SMILES string of the molecule is CCCCCSC1=NS(=O)(=O)c2cc(OCC)ccc2N1. The van der Waals surface area contributed by atoms with E-state index in [9.17, 15) is 8.42 Å². The second kappa shape index (κ2) is 7.17. The smallest absolute Gasteiger partial charge is 0.286 e. The van der Waals surface area contributed by atoms with Gasteiger partial charge in [-0.25, -0.2) is 0 Å². The van der Waals surface area contributed by atoms with Crippen molar-refractivity contribution in [1.29, 1.82) is 0 Å². The van der Waals surface area contributed by atoms with Crippen molar-refractivity contribution in [2.24, 2.45) is 4.40 Å². The fourth-order valence-electron chi connectivity index (χ4n) is 1.96. The van der Waals surface area contributed by atoms with E-state index < -0.39 is 10.0 Å². The molecule has 116 valence electrons. The number of hydrogen-bond donors (Lipinski definition) is 1. The minimum atomic E-state index is -3.65. The summed E-state index contributed by atoms with van der Waals surface area (Å²) in [6.07, 6.45) is 3.33. The molecule has 0 atom stereocenters. The third-order valence-corrected chi connectivity index (χ3v) is 5.37. The van der Waals surface area contributed by atoms with Crippen LogP contribution in [0.3, 0.4) is 0 Å². The molecule has 0 spiro atoms. The topological polar surface area (TPSA) is 67.8 Å². The number of fused-ring (bicyclic) bond motifs is 1. The lowest BCUT2D eigenvalue weighted by Gasteiger charge is -2.18. The van der Waals surface area contributed by atoms with Gasteiger partial charge in [-0.1, -0.05) is 31.5 Å². The number of nitrogens with zero attached hydrogens (tertiary/aromatic N) is 1. The Morgan fingerprint density at radius 1 is 1.29 bits per heavy atom. The number of thioether (sulfide) groups is 1. The zero-order chi connectivity index (χ0) is 15.3. The van der Waals surface area contributed by atoms with E-state index in [4.69, 9.17) is 4.74 Å². The monoisotopic (exact) mass is 328 g/mol. The Labute approximate surface area is 130 Å². The van der Waals surface area contributed by atoms with Gasteiger partial charge in [-0.2, -0.15) is 8.42 Å². The average molecular weight is 328 g/mol. The van der Waals surface area contributed by atoms with Crippen molar-refractivity contribution in [2.45, 2.75) is 38.0 Å². The minimum absolute atomic E-state index is 0.173. The molecule has 0 bridgehead atoms. The van der Waals surface area contributed by atoms with E-state index >= 15 is 0 Å². The molecule has 1 aliphatic rings. The van der Waals surface area contributed by atoms with Gasteiger partial charge in [0.05, 0.1) is 12.3 Å². The van der Waals surface area contributed by atoms with Crippen molar-refractivity contribution in [3.63, 3.8) is 0 Å². The van der Waals surface area contributed by atoms with Crippen LogP contribution in [-0.2, 0) is 10.0 Å². The summed E-state index contributed by atoms with van der Waals surface area (Å²) in [5, 5.41) is 3.52. The first kappa shape index (κ1) is 16.2. The van der Waals surface area contributed by atoms with Crippen molar-refractivity contribution in [2.75, 3.05) is 17.7 Å². The van der Waals surface area contributed by atoms with Gasteiger partial charge in [0.1, 0.15) is 10.6 Å². The molecule has 1 aliphatic heterocycles. The molecule has 2 rings (SSSR count). The Balaban J connectivity index is 2.15.